The highest BCUT2D eigenvalue weighted by Crippen LogP contribution is 2.43. The highest BCUT2D eigenvalue weighted by molar-refractivity contribution is 7.71. The lowest BCUT2D eigenvalue weighted by Gasteiger charge is -2.18. The van der Waals surface area contributed by atoms with Gasteiger partial charge in [-0.25, -0.2) is 14.2 Å². The van der Waals surface area contributed by atoms with Crippen molar-refractivity contribution in [3.05, 3.63) is 33.7 Å². The Morgan fingerprint density at radius 3 is 3.00 bits per heavy atom. The molecule has 0 saturated heterocycles. The fourth-order valence-corrected chi connectivity index (χ4v) is 5.45. The second-order valence-corrected chi connectivity index (χ2v) is 8.76. The molecule has 3 aromatic heterocycles. The number of H-pyrrole nitrogens is 1. The second kappa shape index (κ2) is 7.63. The first-order chi connectivity index (χ1) is 13.5. The van der Waals surface area contributed by atoms with Crippen molar-refractivity contribution >= 4 is 23.6 Å². The lowest BCUT2D eigenvalue weighted by molar-refractivity contribution is 0.304. The van der Waals surface area contributed by atoms with Crippen LogP contribution in [0.3, 0.4) is 0 Å². The smallest absolute Gasteiger partial charge is 0.321 e. The van der Waals surface area contributed by atoms with Crippen LogP contribution in [-0.4, -0.2) is 36.1 Å². The summed E-state index contributed by atoms with van der Waals surface area (Å²) < 4.78 is 10.2. The van der Waals surface area contributed by atoms with E-state index in [1.807, 2.05) is 18.4 Å². The molecule has 1 aliphatic rings. The molecule has 3 aromatic rings. The molecule has 0 amide bonds. The Hall–Kier alpha value is -2.26. The van der Waals surface area contributed by atoms with Gasteiger partial charge in [-0.1, -0.05) is 19.1 Å². The van der Waals surface area contributed by atoms with Crippen LogP contribution in [0, 0.1) is 10.7 Å². The number of allylic oxidation sites excluding steroid dienone is 1. The lowest BCUT2D eigenvalue weighted by atomic mass is 9.88. The average Bonchev–Trinajstić information content (AvgIpc) is 3.33. The molecule has 7 nitrogen and oxygen atoms in total. The Bertz CT molecular complexity index is 1060. The number of hydrogen-bond donors (Lipinski definition) is 1. The molecular weight excluding hydrogens is 392 g/mol. The SMILES string of the molecule is C=C(C)Cn1nc(OCC)n(-c2sc3c(c2-c2ncn[nH]2)CCC(C)C3)c1=S. The van der Waals surface area contributed by atoms with Gasteiger partial charge in [0.25, 0.3) is 0 Å². The number of aromatic nitrogens is 6. The molecule has 1 N–H and O–H groups in total. The van der Waals surface area contributed by atoms with Crippen LogP contribution in [0.25, 0.3) is 16.4 Å². The van der Waals surface area contributed by atoms with Gasteiger partial charge in [0.1, 0.15) is 11.3 Å². The summed E-state index contributed by atoms with van der Waals surface area (Å²) in [5, 5.41) is 12.7. The summed E-state index contributed by atoms with van der Waals surface area (Å²) in [6, 6.07) is 0.501. The van der Waals surface area contributed by atoms with Crippen molar-refractivity contribution in [2.45, 2.75) is 46.6 Å². The minimum atomic E-state index is 0.501. The number of nitrogens with zero attached hydrogens (tertiary/aromatic N) is 5. The molecule has 9 heteroatoms. The molecule has 0 fully saturated rings. The highest BCUT2D eigenvalue weighted by Gasteiger charge is 2.29. The first kappa shape index (κ1) is 19.1. The Morgan fingerprint density at radius 1 is 1.50 bits per heavy atom. The fourth-order valence-electron chi connectivity index (χ4n) is 3.61. The highest BCUT2D eigenvalue weighted by atomic mass is 32.1. The van der Waals surface area contributed by atoms with Crippen molar-refractivity contribution in [3.8, 4) is 22.4 Å². The van der Waals surface area contributed by atoms with Gasteiger partial charge < -0.3 is 4.74 Å². The predicted molar refractivity (Wildman–Crippen MR) is 113 cm³/mol. The zero-order valence-corrected chi connectivity index (χ0v) is 18.0. The number of rotatable bonds is 6. The maximum absolute atomic E-state index is 5.86. The van der Waals surface area contributed by atoms with E-state index in [4.69, 9.17) is 17.0 Å². The number of fused-ring (bicyclic) bond motifs is 1. The van der Waals surface area contributed by atoms with Crippen LogP contribution < -0.4 is 4.74 Å². The van der Waals surface area contributed by atoms with E-state index in [1.54, 1.807) is 22.3 Å². The van der Waals surface area contributed by atoms with Crippen LogP contribution in [0.2, 0.25) is 0 Å². The molecule has 0 aromatic carbocycles. The van der Waals surface area contributed by atoms with Crippen LogP contribution in [0.5, 0.6) is 6.01 Å². The molecule has 0 aliphatic heterocycles. The Morgan fingerprint density at radius 2 is 2.32 bits per heavy atom. The van der Waals surface area contributed by atoms with Crippen molar-refractivity contribution in [1.82, 2.24) is 29.5 Å². The third-order valence-electron chi connectivity index (χ3n) is 4.85. The number of nitrogens with one attached hydrogen (secondary N) is 1. The van der Waals surface area contributed by atoms with Crippen molar-refractivity contribution < 1.29 is 4.74 Å². The third-order valence-corrected chi connectivity index (χ3v) is 6.48. The number of thiophene rings is 1. The van der Waals surface area contributed by atoms with Gasteiger partial charge in [-0.2, -0.15) is 5.10 Å². The molecule has 0 radical (unpaired) electrons. The van der Waals surface area contributed by atoms with E-state index in [0.717, 1.165) is 34.8 Å². The van der Waals surface area contributed by atoms with Crippen LogP contribution in [0.4, 0.5) is 0 Å². The number of ether oxygens (including phenoxy) is 1. The molecule has 0 spiro atoms. The molecule has 0 saturated carbocycles. The van der Waals surface area contributed by atoms with E-state index in [9.17, 15) is 0 Å². The summed E-state index contributed by atoms with van der Waals surface area (Å²) in [7, 11) is 0. The van der Waals surface area contributed by atoms with Gasteiger partial charge in [-0.15, -0.1) is 16.4 Å². The van der Waals surface area contributed by atoms with Gasteiger partial charge in [0.2, 0.25) is 4.77 Å². The molecule has 1 unspecified atom stereocenters. The molecule has 1 atom stereocenters. The first-order valence-corrected chi connectivity index (χ1v) is 10.7. The third kappa shape index (κ3) is 3.33. The lowest BCUT2D eigenvalue weighted by Crippen LogP contribution is -2.09. The van der Waals surface area contributed by atoms with Crippen LogP contribution in [0.15, 0.2) is 18.5 Å². The number of hydrogen-bond acceptors (Lipinski definition) is 6. The molecule has 148 valence electrons. The van der Waals surface area contributed by atoms with E-state index in [1.165, 1.54) is 16.9 Å². The first-order valence-electron chi connectivity index (χ1n) is 9.47. The fraction of sp³-hybridized carbons (Fsp3) is 0.474. The van der Waals surface area contributed by atoms with Crippen molar-refractivity contribution in [3.63, 3.8) is 0 Å². The molecular formula is C19H24N6OS2. The summed E-state index contributed by atoms with van der Waals surface area (Å²) in [6.45, 7) is 11.3. The maximum atomic E-state index is 5.86. The average molecular weight is 417 g/mol. The summed E-state index contributed by atoms with van der Waals surface area (Å²) in [6.07, 6.45) is 4.81. The van der Waals surface area contributed by atoms with Gasteiger partial charge in [0.05, 0.1) is 18.7 Å². The molecule has 1 aliphatic carbocycles. The van der Waals surface area contributed by atoms with Crippen LogP contribution in [-0.2, 0) is 19.4 Å². The summed E-state index contributed by atoms with van der Waals surface area (Å²) in [5.41, 5.74) is 3.39. The second-order valence-electron chi connectivity index (χ2n) is 7.31. The minimum Gasteiger partial charge on any atom is -0.464 e. The largest absolute Gasteiger partial charge is 0.464 e. The standard InChI is InChI=1S/C19H24N6OS2/c1-5-26-18-23-24(9-11(2)3)19(27)25(18)17-15(16-20-10-21-22-16)13-7-6-12(4)8-14(13)28-17/h10,12H,2,5-9H2,1,3-4H3,(H,20,21,22). The van der Waals surface area contributed by atoms with Crippen molar-refractivity contribution in [1.29, 1.82) is 0 Å². The zero-order chi connectivity index (χ0) is 19.8. The van der Waals surface area contributed by atoms with Gasteiger partial charge in [0, 0.05) is 4.88 Å². The van der Waals surface area contributed by atoms with E-state index in [0.29, 0.717) is 29.9 Å². The van der Waals surface area contributed by atoms with Crippen molar-refractivity contribution in [2.24, 2.45) is 5.92 Å². The van der Waals surface area contributed by atoms with E-state index >= 15 is 0 Å². The molecule has 3 heterocycles. The maximum Gasteiger partial charge on any atom is 0.321 e. The van der Waals surface area contributed by atoms with E-state index in [2.05, 4.69) is 33.8 Å². The Labute approximate surface area is 173 Å². The molecule has 0 bridgehead atoms. The molecule has 28 heavy (non-hydrogen) atoms. The predicted octanol–water partition coefficient (Wildman–Crippen LogP) is 4.35. The van der Waals surface area contributed by atoms with Gasteiger partial charge >= 0.3 is 6.01 Å². The minimum absolute atomic E-state index is 0.501. The van der Waals surface area contributed by atoms with E-state index in [-0.39, 0.29) is 0 Å². The zero-order valence-electron chi connectivity index (χ0n) is 16.4. The van der Waals surface area contributed by atoms with E-state index < -0.39 is 0 Å². The van der Waals surface area contributed by atoms with Crippen LogP contribution in [0.1, 0.15) is 37.6 Å². The van der Waals surface area contributed by atoms with Gasteiger partial charge in [-0.3, -0.25) is 5.10 Å². The normalized spacial score (nSPS) is 16.2. The quantitative estimate of drug-likeness (QED) is 0.478. The monoisotopic (exact) mass is 416 g/mol. The summed E-state index contributed by atoms with van der Waals surface area (Å²) >= 11 is 7.54. The van der Waals surface area contributed by atoms with Crippen molar-refractivity contribution in [2.75, 3.05) is 6.61 Å². The Balaban J connectivity index is 1.96. The topological polar surface area (TPSA) is 73.6 Å². The molecule has 4 rings (SSSR count). The van der Waals surface area contributed by atoms with Gasteiger partial charge in [0.15, 0.2) is 5.82 Å². The summed E-state index contributed by atoms with van der Waals surface area (Å²) in [4.78, 5) is 5.83. The Kier molecular flexibility index (Phi) is 5.20. The van der Waals surface area contributed by atoms with Crippen LogP contribution >= 0.6 is 23.6 Å². The number of aromatic amines is 1. The summed E-state index contributed by atoms with van der Waals surface area (Å²) in [5.74, 6) is 1.44. The van der Waals surface area contributed by atoms with Gasteiger partial charge in [-0.05, 0) is 56.8 Å².